The van der Waals surface area contributed by atoms with E-state index in [1.54, 1.807) is 6.07 Å². The molecule has 1 atom stereocenters. The van der Waals surface area contributed by atoms with Crippen molar-refractivity contribution in [3.05, 3.63) is 54.0 Å². The van der Waals surface area contributed by atoms with Gasteiger partial charge in [0.1, 0.15) is 21.6 Å². The fraction of sp³-hybridized carbons (Fsp3) is 0. The van der Waals surface area contributed by atoms with Crippen LogP contribution in [0, 0.1) is 5.82 Å². The Morgan fingerprint density at radius 1 is 1.18 bits per heavy atom. The van der Waals surface area contributed by atoms with Crippen molar-refractivity contribution in [2.75, 3.05) is 0 Å². The third kappa shape index (κ3) is 2.45. The summed E-state index contributed by atoms with van der Waals surface area (Å²) in [4.78, 5) is 15.1. The molecule has 0 radical (unpaired) electrons. The number of rotatable bonds is 3. The van der Waals surface area contributed by atoms with Gasteiger partial charge in [0, 0.05) is 16.7 Å². The van der Waals surface area contributed by atoms with Crippen LogP contribution in [0.5, 0.6) is 0 Å². The fourth-order valence-corrected chi connectivity index (χ4v) is 2.41. The predicted octanol–water partition coefficient (Wildman–Crippen LogP) is 2.20. The summed E-state index contributed by atoms with van der Waals surface area (Å²) in [7, 11) is -1.58. The van der Waals surface area contributed by atoms with E-state index in [9.17, 15) is 13.4 Å². The molecule has 0 saturated carbocycles. The number of hydrogen-bond acceptors (Lipinski definition) is 3. The Bertz CT molecular complexity index is 569. The molecule has 1 aromatic heterocycles. The fourth-order valence-electron chi connectivity index (χ4n) is 1.32. The summed E-state index contributed by atoms with van der Waals surface area (Å²) in [6.07, 6.45) is 2.06. The van der Waals surface area contributed by atoms with Gasteiger partial charge in [-0.25, -0.2) is 13.6 Å². The highest BCUT2D eigenvalue weighted by Gasteiger charge is 2.12. The van der Waals surface area contributed by atoms with Crippen LogP contribution in [0.3, 0.4) is 0 Å². The Balaban J connectivity index is 2.43. The standard InChI is InChI=1S/C12H8FNO2S/c13-10-3-5-11(6-4-10)17(16)12-9(8-15)2-1-7-14-12/h1-8H. The van der Waals surface area contributed by atoms with Gasteiger partial charge in [0.2, 0.25) is 0 Å². The zero-order valence-electron chi connectivity index (χ0n) is 8.67. The molecule has 0 saturated heterocycles. The molecule has 0 fully saturated rings. The van der Waals surface area contributed by atoms with E-state index in [-0.39, 0.29) is 10.6 Å². The first-order chi connectivity index (χ1) is 8.22. The van der Waals surface area contributed by atoms with Gasteiger partial charge in [-0.3, -0.25) is 4.79 Å². The number of halogens is 1. The molecule has 1 heterocycles. The maximum atomic E-state index is 12.7. The third-order valence-electron chi connectivity index (χ3n) is 2.13. The molecule has 86 valence electrons. The zero-order chi connectivity index (χ0) is 12.3. The number of benzene rings is 1. The van der Waals surface area contributed by atoms with Crippen LogP contribution in [-0.2, 0) is 10.8 Å². The Labute approximate surface area is 99.8 Å². The number of pyridine rings is 1. The largest absolute Gasteiger partial charge is 0.298 e. The van der Waals surface area contributed by atoms with E-state index in [0.717, 1.165) is 0 Å². The van der Waals surface area contributed by atoms with Crippen LogP contribution in [0.4, 0.5) is 4.39 Å². The molecule has 3 nitrogen and oxygen atoms in total. The lowest BCUT2D eigenvalue weighted by atomic mass is 10.3. The SMILES string of the molecule is O=Cc1cccnc1S(=O)c1ccc(F)cc1. The van der Waals surface area contributed by atoms with Crippen molar-refractivity contribution in [1.29, 1.82) is 0 Å². The lowest BCUT2D eigenvalue weighted by Gasteiger charge is -2.03. The molecule has 2 aromatic rings. The number of nitrogens with zero attached hydrogens (tertiary/aromatic N) is 1. The molecule has 0 aliphatic carbocycles. The number of carbonyl (C=O) groups excluding carboxylic acids is 1. The average Bonchev–Trinajstić information content (AvgIpc) is 2.39. The van der Waals surface area contributed by atoms with Crippen molar-refractivity contribution in [3.63, 3.8) is 0 Å². The molecule has 0 aliphatic rings. The van der Waals surface area contributed by atoms with Gasteiger partial charge in [0.15, 0.2) is 6.29 Å². The maximum Gasteiger partial charge on any atom is 0.152 e. The van der Waals surface area contributed by atoms with E-state index in [0.29, 0.717) is 11.2 Å². The molecule has 0 N–H and O–H groups in total. The van der Waals surface area contributed by atoms with Gasteiger partial charge in [-0.15, -0.1) is 0 Å². The van der Waals surface area contributed by atoms with Crippen molar-refractivity contribution in [2.45, 2.75) is 9.92 Å². The molecule has 1 unspecified atom stereocenters. The summed E-state index contributed by atoms with van der Waals surface area (Å²) in [5, 5.41) is 0.189. The molecular weight excluding hydrogens is 241 g/mol. The average molecular weight is 249 g/mol. The van der Waals surface area contributed by atoms with E-state index in [1.807, 2.05) is 0 Å². The summed E-state index contributed by atoms with van der Waals surface area (Å²) in [5.41, 5.74) is 0.273. The molecule has 17 heavy (non-hydrogen) atoms. The first-order valence-corrected chi connectivity index (χ1v) is 5.95. The first kappa shape index (κ1) is 11.6. The van der Waals surface area contributed by atoms with Gasteiger partial charge in [0.25, 0.3) is 0 Å². The van der Waals surface area contributed by atoms with Crippen LogP contribution < -0.4 is 0 Å². The van der Waals surface area contributed by atoms with E-state index in [1.165, 1.54) is 36.5 Å². The number of hydrogen-bond donors (Lipinski definition) is 0. The summed E-state index contributed by atoms with van der Waals surface area (Å²) >= 11 is 0. The number of aldehydes is 1. The van der Waals surface area contributed by atoms with Crippen molar-refractivity contribution in [2.24, 2.45) is 0 Å². The van der Waals surface area contributed by atoms with Gasteiger partial charge in [-0.2, -0.15) is 0 Å². The summed E-state index contributed by atoms with van der Waals surface area (Å²) in [6.45, 7) is 0. The second-order valence-electron chi connectivity index (χ2n) is 3.24. The van der Waals surface area contributed by atoms with Crippen molar-refractivity contribution in [3.8, 4) is 0 Å². The Hall–Kier alpha value is -1.88. The van der Waals surface area contributed by atoms with Crippen molar-refractivity contribution in [1.82, 2.24) is 4.98 Å². The minimum atomic E-state index is -1.58. The number of aromatic nitrogens is 1. The van der Waals surface area contributed by atoms with Crippen LogP contribution in [0.2, 0.25) is 0 Å². The van der Waals surface area contributed by atoms with Gasteiger partial charge in [-0.1, -0.05) is 0 Å². The van der Waals surface area contributed by atoms with Crippen LogP contribution in [-0.4, -0.2) is 15.5 Å². The highest BCUT2D eigenvalue weighted by atomic mass is 32.2. The molecule has 0 aliphatic heterocycles. The Morgan fingerprint density at radius 2 is 1.88 bits per heavy atom. The Kier molecular flexibility index (Phi) is 3.39. The first-order valence-electron chi connectivity index (χ1n) is 4.80. The number of carbonyl (C=O) groups is 1. The smallest absolute Gasteiger partial charge is 0.152 e. The lowest BCUT2D eigenvalue weighted by molar-refractivity contribution is 0.112. The summed E-state index contributed by atoms with van der Waals surface area (Å²) in [5.74, 6) is -0.401. The van der Waals surface area contributed by atoms with Gasteiger partial charge >= 0.3 is 0 Å². The minimum Gasteiger partial charge on any atom is -0.298 e. The molecule has 0 spiro atoms. The highest BCUT2D eigenvalue weighted by Crippen LogP contribution is 2.17. The monoisotopic (exact) mass is 249 g/mol. The quantitative estimate of drug-likeness (QED) is 0.783. The van der Waals surface area contributed by atoms with E-state index in [4.69, 9.17) is 0 Å². The normalized spacial score (nSPS) is 12.1. The minimum absolute atomic E-state index is 0.189. The van der Waals surface area contributed by atoms with Crippen LogP contribution in [0.15, 0.2) is 52.5 Å². The molecule has 1 aromatic carbocycles. The second-order valence-corrected chi connectivity index (χ2v) is 4.63. The summed E-state index contributed by atoms with van der Waals surface area (Å²) in [6, 6.07) is 8.39. The van der Waals surface area contributed by atoms with Crippen LogP contribution in [0.1, 0.15) is 10.4 Å². The van der Waals surface area contributed by atoms with Crippen molar-refractivity contribution >= 4 is 17.1 Å². The van der Waals surface area contributed by atoms with Gasteiger partial charge < -0.3 is 0 Å². The van der Waals surface area contributed by atoms with Crippen LogP contribution in [0.25, 0.3) is 0 Å². The van der Waals surface area contributed by atoms with E-state index in [2.05, 4.69) is 4.98 Å². The highest BCUT2D eigenvalue weighted by molar-refractivity contribution is 7.85. The molecule has 5 heteroatoms. The topological polar surface area (TPSA) is 47.0 Å². The Morgan fingerprint density at radius 3 is 2.53 bits per heavy atom. The molecule has 2 rings (SSSR count). The van der Waals surface area contributed by atoms with Crippen molar-refractivity contribution < 1.29 is 13.4 Å². The maximum absolute atomic E-state index is 12.7. The van der Waals surface area contributed by atoms with Gasteiger partial charge in [0.05, 0.1) is 0 Å². The predicted molar refractivity (Wildman–Crippen MR) is 60.7 cm³/mol. The van der Waals surface area contributed by atoms with Gasteiger partial charge in [-0.05, 0) is 36.4 Å². The van der Waals surface area contributed by atoms with E-state index >= 15 is 0 Å². The lowest BCUT2D eigenvalue weighted by Crippen LogP contribution is -2.00. The second kappa shape index (κ2) is 4.97. The van der Waals surface area contributed by atoms with Crippen LogP contribution >= 0.6 is 0 Å². The van der Waals surface area contributed by atoms with E-state index < -0.39 is 16.6 Å². The third-order valence-corrected chi connectivity index (χ3v) is 3.52. The molecule has 0 amide bonds. The zero-order valence-corrected chi connectivity index (χ0v) is 9.49. The molecular formula is C12H8FNO2S. The molecule has 0 bridgehead atoms. The summed E-state index contributed by atoms with van der Waals surface area (Å²) < 4.78 is 24.8.